The van der Waals surface area contributed by atoms with E-state index in [-0.39, 0.29) is 5.58 Å². The average molecular weight is 310 g/mol. The molecule has 0 radical (unpaired) electrons. The fourth-order valence-corrected chi connectivity index (χ4v) is 3.06. The van der Waals surface area contributed by atoms with Crippen molar-refractivity contribution < 1.29 is 17.8 Å². The van der Waals surface area contributed by atoms with E-state index in [9.17, 15) is 8.78 Å². The first-order valence-corrected chi connectivity index (χ1v) is 7.31. The molecule has 0 aliphatic rings. The molecule has 114 valence electrons. The molecule has 0 aliphatic heterocycles. The molecule has 0 amide bonds. The summed E-state index contributed by atoms with van der Waals surface area (Å²) in [5.41, 5.74) is 3.81. The average Bonchev–Trinajstić information content (AvgIpc) is 2.84. The number of nitrogens with zero attached hydrogens (tertiary/aromatic N) is 1. The van der Waals surface area contributed by atoms with Crippen LogP contribution in [0.4, 0.5) is 8.78 Å². The zero-order valence-electron chi connectivity index (χ0n) is 12.7. The number of rotatable bonds is 1. The van der Waals surface area contributed by atoms with Crippen molar-refractivity contribution in [1.29, 1.82) is 0 Å². The molecule has 0 bridgehead atoms. The topological polar surface area (TPSA) is 17.0 Å². The molecule has 2 aromatic carbocycles. The summed E-state index contributed by atoms with van der Waals surface area (Å²) in [6.45, 7) is 1.97. The van der Waals surface area contributed by atoms with E-state index < -0.39 is 11.6 Å². The maximum Gasteiger partial charge on any atom is 0.212 e. The number of benzene rings is 2. The zero-order valence-corrected chi connectivity index (χ0v) is 12.7. The summed E-state index contributed by atoms with van der Waals surface area (Å²) >= 11 is 0. The van der Waals surface area contributed by atoms with Crippen LogP contribution in [0, 0.1) is 18.6 Å². The van der Waals surface area contributed by atoms with Gasteiger partial charge in [-0.2, -0.15) is 0 Å². The van der Waals surface area contributed by atoms with Gasteiger partial charge in [0, 0.05) is 29.7 Å². The largest absolute Gasteiger partial charge is 0.456 e. The smallest absolute Gasteiger partial charge is 0.212 e. The fraction of sp³-hybridized carbons (Fsp3) is 0.105. The second-order valence-electron chi connectivity index (χ2n) is 5.72. The molecule has 0 N–H and O–H groups in total. The van der Waals surface area contributed by atoms with Gasteiger partial charge in [-0.15, -0.1) is 0 Å². The summed E-state index contributed by atoms with van der Waals surface area (Å²) < 4.78 is 35.2. The van der Waals surface area contributed by atoms with Crippen LogP contribution in [0.25, 0.3) is 33.2 Å². The molecule has 0 spiro atoms. The molecule has 2 nitrogen and oxygen atoms in total. The van der Waals surface area contributed by atoms with Crippen molar-refractivity contribution in [3.8, 4) is 11.3 Å². The van der Waals surface area contributed by atoms with E-state index >= 15 is 0 Å². The summed E-state index contributed by atoms with van der Waals surface area (Å²) in [7, 11) is 1.96. The second kappa shape index (κ2) is 4.88. The predicted molar refractivity (Wildman–Crippen MR) is 85.0 cm³/mol. The molecule has 0 saturated carbocycles. The van der Waals surface area contributed by atoms with Crippen LogP contribution in [0.1, 0.15) is 5.56 Å². The van der Waals surface area contributed by atoms with Crippen LogP contribution in [0.3, 0.4) is 0 Å². The Bertz CT molecular complexity index is 1070. The second-order valence-corrected chi connectivity index (χ2v) is 5.72. The van der Waals surface area contributed by atoms with Crippen LogP contribution in [-0.2, 0) is 7.05 Å². The lowest BCUT2D eigenvalue weighted by Crippen LogP contribution is -2.30. The van der Waals surface area contributed by atoms with Gasteiger partial charge >= 0.3 is 0 Å². The Balaban J connectivity index is 2.07. The van der Waals surface area contributed by atoms with E-state index in [0.29, 0.717) is 16.4 Å². The SMILES string of the molecule is Cc1cc2c(cc1-c1cccc[n+]1C)oc1cc(F)cc(F)c12. The Kier molecular flexibility index (Phi) is 2.94. The van der Waals surface area contributed by atoms with Gasteiger partial charge in [0.15, 0.2) is 6.20 Å². The first-order chi connectivity index (χ1) is 11.0. The quantitative estimate of drug-likeness (QED) is 0.467. The number of pyridine rings is 1. The maximum atomic E-state index is 14.1. The van der Waals surface area contributed by atoms with Gasteiger partial charge in [-0.3, -0.25) is 0 Å². The number of aryl methyl sites for hydroxylation is 2. The van der Waals surface area contributed by atoms with Gasteiger partial charge < -0.3 is 4.42 Å². The monoisotopic (exact) mass is 310 g/mol. The van der Waals surface area contributed by atoms with Gasteiger partial charge in [0.05, 0.1) is 10.9 Å². The van der Waals surface area contributed by atoms with Crippen LogP contribution in [0.5, 0.6) is 0 Å². The zero-order chi connectivity index (χ0) is 16.1. The molecule has 2 heterocycles. The Morgan fingerprint density at radius 2 is 1.83 bits per heavy atom. The lowest BCUT2D eigenvalue weighted by atomic mass is 10.0. The summed E-state index contributed by atoms with van der Waals surface area (Å²) in [6, 6.07) is 11.8. The van der Waals surface area contributed by atoms with Crippen LogP contribution in [-0.4, -0.2) is 0 Å². The molecule has 4 aromatic rings. The third-order valence-corrected chi connectivity index (χ3v) is 4.17. The molecule has 4 heteroatoms. The molecule has 4 rings (SSSR count). The lowest BCUT2D eigenvalue weighted by Gasteiger charge is -2.04. The molecule has 23 heavy (non-hydrogen) atoms. The number of hydrogen-bond donors (Lipinski definition) is 0. The summed E-state index contributed by atoms with van der Waals surface area (Å²) in [5, 5.41) is 0.992. The highest BCUT2D eigenvalue weighted by Crippen LogP contribution is 2.35. The molecule has 0 aliphatic carbocycles. The molecule has 0 atom stereocenters. The van der Waals surface area contributed by atoms with Crippen molar-refractivity contribution >= 4 is 21.9 Å². The minimum absolute atomic E-state index is 0.228. The van der Waals surface area contributed by atoms with Gasteiger partial charge in [0.25, 0.3) is 0 Å². The van der Waals surface area contributed by atoms with Crippen molar-refractivity contribution in [1.82, 2.24) is 0 Å². The first kappa shape index (κ1) is 13.9. The number of halogens is 2. The number of aromatic nitrogens is 1. The van der Waals surface area contributed by atoms with Crippen molar-refractivity contribution in [2.45, 2.75) is 6.92 Å². The highest BCUT2D eigenvalue weighted by molar-refractivity contribution is 6.06. The summed E-state index contributed by atoms with van der Waals surface area (Å²) in [5.74, 6) is -1.24. The summed E-state index contributed by atoms with van der Waals surface area (Å²) in [4.78, 5) is 0. The Morgan fingerprint density at radius 3 is 2.61 bits per heavy atom. The molecule has 0 unspecified atom stereocenters. The first-order valence-electron chi connectivity index (χ1n) is 7.31. The molecule has 2 aromatic heterocycles. The van der Waals surface area contributed by atoms with Gasteiger partial charge in [0.1, 0.15) is 29.8 Å². The number of fused-ring (bicyclic) bond motifs is 3. The Morgan fingerprint density at radius 1 is 1.00 bits per heavy atom. The van der Waals surface area contributed by atoms with Crippen LogP contribution in [0.15, 0.2) is 53.1 Å². The van der Waals surface area contributed by atoms with Crippen molar-refractivity contribution in [2.75, 3.05) is 0 Å². The Labute approximate surface area is 131 Å². The molecular weight excluding hydrogens is 296 g/mol. The maximum absolute atomic E-state index is 14.1. The third-order valence-electron chi connectivity index (χ3n) is 4.17. The van der Waals surface area contributed by atoms with Crippen molar-refractivity contribution in [3.05, 3.63) is 65.9 Å². The van der Waals surface area contributed by atoms with E-state index in [2.05, 4.69) is 0 Å². The molecule has 0 saturated heterocycles. The highest BCUT2D eigenvalue weighted by atomic mass is 19.1. The van der Waals surface area contributed by atoms with Crippen LogP contribution in [0.2, 0.25) is 0 Å². The van der Waals surface area contributed by atoms with E-state index in [4.69, 9.17) is 4.42 Å². The van der Waals surface area contributed by atoms with E-state index in [1.54, 1.807) is 0 Å². The minimum Gasteiger partial charge on any atom is -0.456 e. The van der Waals surface area contributed by atoms with Crippen molar-refractivity contribution in [2.24, 2.45) is 7.05 Å². The van der Waals surface area contributed by atoms with Gasteiger partial charge in [0.2, 0.25) is 5.69 Å². The van der Waals surface area contributed by atoms with Gasteiger partial charge in [-0.25, -0.2) is 13.3 Å². The van der Waals surface area contributed by atoms with Crippen LogP contribution >= 0.6 is 0 Å². The van der Waals surface area contributed by atoms with Gasteiger partial charge in [-0.1, -0.05) is 0 Å². The lowest BCUT2D eigenvalue weighted by molar-refractivity contribution is -0.660. The normalized spacial score (nSPS) is 11.5. The van der Waals surface area contributed by atoms with E-state index in [1.807, 2.05) is 55.1 Å². The summed E-state index contributed by atoms with van der Waals surface area (Å²) in [6.07, 6.45) is 1.96. The molecular formula is C19H14F2NO+. The fourth-order valence-electron chi connectivity index (χ4n) is 3.06. The van der Waals surface area contributed by atoms with Crippen LogP contribution < -0.4 is 4.57 Å². The highest BCUT2D eigenvalue weighted by Gasteiger charge is 2.18. The van der Waals surface area contributed by atoms with E-state index in [1.165, 1.54) is 6.07 Å². The predicted octanol–water partition coefficient (Wildman–Crippen LogP) is 4.66. The number of hydrogen-bond acceptors (Lipinski definition) is 1. The minimum atomic E-state index is -0.638. The Hall–Kier alpha value is -2.75. The van der Waals surface area contributed by atoms with Gasteiger partial charge in [-0.05, 0) is 30.7 Å². The number of furan rings is 1. The third kappa shape index (κ3) is 2.10. The standard InChI is InChI=1S/C19H14F2NO/c1-11-7-14-17(10-13(11)16-5-3-4-6-22(16)2)23-18-9-12(20)8-15(21)19(14)18/h3-10H,1-2H3/q+1. The molecule has 0 fully saturated rings. The van der Waals surface area contributed by atoms with E-state index in [0.717, 1.165) is 22.9 Å². The van der Waals surface area contributed by atoms with Crippen molar-refractivity contribution in [3.63, 3.8) is 0 Å².